The number of piperidine rings is 1. The van der Waals surface area contributed by atoms with Crippen LogP contribution < -0.4 is 31.3 Å². The average Bonchev–Trinajstić information content (AvgIpc) is 3.46. The Bertz CT molecular complexity index is 1170. The van der Waals surface area contributed by atoms with Crippen LogP contribution in [0.5, 0.6) is 5.75 Å². The highest BCUT2D eigenvalue weighted by molar-refractivity contribution is 5.91. The molecule has 0 amide bonds. The van der Waals surface area contributed by atoms with Crippen LogP contribution in [0.15, 0.2) is 24.4 Å². The highest BCUT2D eigenvalue weighted by atomic mass is 16.5. The summed E-state index contributed by atoms with van der Waals surface area (Å²) >= 11 is 0. The highest BCUT2D eigenvalue weighted by Gasteiger charge is 2.17. The Balaban J connectivity index is 1.06. The molecule has 0 unspecified atom stereocenters. The molecule has 1 saturated carbocycles. The zero-order valence-electron chi connectivity index (χ0n) is 23.9. The van der Waals surface area contributed by atoms with Crippen molar-refractivity contribution in [2.75, 3.05) is 50.5 Å². The number of aryl methyl sites for hydroxylation is 1. The molecular weight excluding hydrogens is 504 g/mol. The number of methoxy groups -OCH3 is 1. The number of hydrogen-bond acceptors (Lipinski definition) is 10. The molecule has 2 fully saturated rings. The first-order valence-corrected chi connectivity index (χ1v) is 15.2. The minimum atomic E-state index is 0.381. The monoisotopic (exact) mass is 550 g/mol. The van der Waals surface area contributed by atoms with E-state index in [4.69, 9.17) is 14.7 Å². The van der Waals surface area contributed by atoms with Gasteiger partial charge in [0.25, 0.3) is 0 Å². The van der Waals surface area contributed by atoms with Crippen molar-refractivity contribution in [3.05, 3.63) is 30.1 Å². The molecule has 0 bridgehead atoms. The van der Waals surface area contributed by atoms with E-state index in [0.717, 1.165) is 92.7 Å². The molecular formula is C29H46N10O. The summed E-state index contributed by atoms with van der Waals surface area (Å²) in [6, 6.07) is 7.04. The molecule has 3 heterocycles. The molecule has 5 rings (SSSR count). The molecule has 1 aromatic carbocycles. The lowest BCUT2D eigenvalue weighted by atomic mass is 9.95. The SMILES string of the molecule is COc1ccc2nc(NCc3cn(CCCNCCCNC4CCCCC4)nn3)nc(NC3CCNCC3)c2c1. The predicted octanol–water partition coefficient (Wildman–Crippen LogP) is 3.30. The lowest BCUT2D eigenvalue weighted by Crippen LogP contribution is -2.35. The second-order valence-electron chi connectivity index (χ2n) is 11.0. The lowest BCUT2D eigenvalue weighted by molar-refractivity contribution is 0.371. The van der Waals surface area contributed by atoms with Gasteiger partial charge in [0.1, 0.15) is 17.3 Å². The normalized spacial score (nSPS) is 16.8. The smallest absolute Gasteiger partial charge is 0.225 e. The van der Waals surface area contributed by atoms with E-state index in [-0.39, 0.29) is 0 Å². The number of aromatic nitrogens is 5. The maximum Gasteiger partial charge on any atom is 0.225 e. The predicted molar refractivity (Wildman–Crippen MR) is 160 cm³/mol. The van der Waals surface area contributed by atoms with Gasteiger partial charge >= 0.3 is 0 Å². The minimum absolute atomic E-state index is 0.381. The summed E-state index contributed by atoms with van der Waals surface area (Å²) in [6.07, 6.45) is 13.2. The van der Waals surface area contributed by atoms with Crippen molar-refractivity contribution in [1.29, 1.82) is 0 Å². The van der Waals surface area contributed by atoms with Crippen LogP contribution >= 0.6 is 0 Å². The van der Waals surface area contributed by atoms with Gasteiger partial charge < -0.3 is 31.3 Å². The molecule has 1 saturated heterocycles. The fraction of sp³-hybridized carbons (Fsp3) is 0.655. The number of ether oxygens (including phenoxy) is 1. The molecule has 40 heavy (non-hydrogen) atoms. The molecule has 0 radical (unpaired) electrons. The van der Waals surface area contributed by atoms with E-state index in [1.165, 1.54) is 38.5 Å². The molecule has 2 aliphatic rings. The summed E-state index contributed by atoms with van der Waals surface area (Å²) in [5, 5.41) is 27.3. The Morgan fingerprint density at radius 1 is 0.975 bits per heavy atom. The number of nitrogens with one attached hydrogen (secondary N) is 5. The zero-order valence-corrected chi connectivity index (χ0v) is 23.9. The first kappa shape index (κ1) is 28.5. The number of hydrogen-bond donors (Lipinski definition) is 5. The molecule has 11 nitrogen and oxygen atoms in total. The lowest BCUT2D eigenvalue weighted by Gasteiger charge is -2.25. The number of nitrogens with zero attached hydrogens (tertiary/aromatic N) is 5. The zero-order chi connectivity index (χ0) is 27.4. The van der Waals surface area contributed by atoms with Crippen molar-refractivity contribution < 1.29 is 4.74 Å². The quantitative estimate of drug-likeness (QED) is 0.180. The second kappa shape index (κ2) is 15.1. The van der Waals surface area contributed by atoms with Gasteiger partial charge in [0.15, 0.2) is 0 Å². The molecule has 0 atom stereocenters. The molecule has 0 spiro atoms. The van der Waals surface area contributed by atoms with Crippen LogP contribution in [0.3, 0.4) is 0 Å². The Morgan fingerprint density at radius 3 is 2.67 bits per heavy atom. The summed E-state index contributed by atoms with van der Waals surface area (Å²) in [4.78, 5) is 9.58. The maximum atomic E-state index is 5.45. The minimum Gasteiger partial charge on any atom is -0.497 e. The van der Waals surface area contributed by atoms with Crippen molar-refractivity contribution in [3.8, 4) is 5.75 Å². The standard InChI is InChI=1S/C29H46N10O/c1-40-25-9-10-27-26(19-25)28(34-23-11-16-31-17-12-23)36-29(35-27)33-20-24-21-39(38-37-24)18-6-14-30-13-5-15-32-22-7-3-2-4-8-22/h9-10,19,21-23,30-32H,2-8,11-18,20H2,1H3,(H2,33,34,35,36). The Hall–Kier alpha value is -3.02. The largest absolute Gasteiger partial charge is 0.497 e. The van der Waals surface area contributed by atoms with Gasteiger partial charge in [-0.15, -0.1) is 5.10 Å². The van der Waals surface area contributed by atoms with E-state index in [1.54, 1.807) is 7.11 Å². The fourth-order valence-corrected chi connectivity index (χ4v) is 5.60. The van der Waals surface area contributed by atoms with E-state index >= 15 is 0 Å². The topological polar surface area (TPSA) is 126 Å². The van der Waals surface area contributed by atoms with Crippen molar-refractivity contribution in [2.45, 2.75) is 83.0 Å². The first-order chi connectivity index (χ1) is 19.8. The van der Waals surface area contributed by atoms with Crippen LogP contribution in [0.1, 0.15) is 63.5 Å². The van der Waals surface area contributed by atoms with Gasteiger partial charge in [-0.05, 0) is 89.4 Å². The third kappa shape index (κ3) is 8.49. The highest BCUT2D eigenvalue weighted by Crippen LogP contribution is 2.28. The summed E-state index contributed by atoms with van der Waals surface area (Å²) in [6.45, 7) is 6.54. The molecule has 2 aromatic heterocycles. The van der Waals surface area contributed by atoms with Gasteiger partial charge in [-0.1, -0.05) is 24.5 Å². The van der Waals surface area contributed by atoms with Gasteiger partial charge in [-0.25, -0.2) is 4.98 Å². The van der Waals surface area contributed by atoms with Crippen molar-refractivity contribution in [1.82, 2.24) is 40.9 Å². The summed E-state index contributed by atoms with van der Waals surface area (Å²) < 4.78 is 7.37. The molecule has 218 valence electrons. The van der Waals surface area contributed by atoms with Crippen LogP contribution in [-0.2, 0) is 13.1 Å². The Kier molecular flexibility index (Phi) is 10.8. The van der Waals surface area contributed by atoms with Crippen molar-refractivity contribution in [3.63, 3.8) is 0 Å². The van der Waals surface area contributed by atoms with Crippen LogP contribution in [0.2, 0.25) is 0 Å². The van der Waals surface area contributed by atoms with E-state index in [1.807, 2.05) is 29.1 Å². The van der Waals surface area contributed by atoms with E-state index in [2.05, 4.69) is 36.9 Å². The number of benzene rings is 1. The van der Waals surface area contributed by atoms with E-state index in [9.17, 15) is 0 Å². The molecule has 1 aliphatic carbocycles. The summed E-state index contributed by atoms with van der Waals surface area (Å²) in [7, 11) is 1.68. The number of fused-ring (bicyclic) bond motifs is 1. The number of rotatable bonds is 15. The van der Waals surface area contributed by atoms with Gasteiger partial charge in [0, 0.05) is 24.0 Å². The van der Waals surface area contributed by atoms with Crippen LogP contribution in [0.4, 0.5) is 11.8 Å². The Morgan fingerprint density at radius 2 is 1.82 bits per heavy atom. The van der Waals surface area contributed by atoms with Gasteiger partial charge in [0.2, 0.25) is 5.95 Å². The summed E-state index contributed by atoms with van der Waals surface area (Å²) in [5.74, 6) is 2.20. The van der Waals surface area contributed by atoms with Gasteiger partial charge in [0.05, 0.1) is 25.4 Å². The van der Waals surface area contributed by atoms with Gasteiger partial charge in [-0.3, -0.25) is 4.68 Å². The van der Waals surface area contributed by atoms with Crippen molar-refractivity contribution >= 4 is 22.7 Å². The van der Waals surface area contributed by atoms with E-state index in [0.29, 0.717) is 18.5 Å². The molecule has 3 aromatic rings. The molecule has 5 N–H and O–H groups in total. The van der Waals surface area contributed by atoms with E-state index < -0.39 is 0 Å². The van der Waals surface area contributed by atoms with Crippen LogP contribution in [0, 0.1) is 0 Å². The summed E-state index contributed by atoms with van der Waals surface area (Å²) in [5.41, 5.74) is 1.74. The van der Waals surface area contributed by atoms with Crippen LogP contribution in [0.25, 0.3) is 10.9 Å². The third-order valence-corrected chi connectivity index (χ3v) is 7.91. The molecule has 1 aliphatic heterocycles. The average molecular weight is 551 g/mol. The van der Waals surface area contributed by atoms with Gasteiger partial charge in [-0.2, -0.15) is 4.98 Å². The molecule has 11 heteroatoms. The number of anilines is 2. The maximum absolute atomic E-state index is 5.45. The fourth-order valence-electron chi connectivity index (χ4n) is 5.60. The first-order valence-electron chi connectivity index (χ1n) is 15.2. The second-order valence-corrected chi connectivity index (χ2v) is 11.0. The third-order valence-electron chi connectivity index (χ3n) is 7.91. The van der Waals surface area contributed by atoms with Crippen LogP contribution in [-0.4, -0.2) is 76.9 Å². The van der Waals surface area contributed by atoms with Crippen molar-refractivity contribution in [2.24, 2.45) is 0 Å². The Labute approximate surface area is 237 Å².